The molecule has 0 spiro atoms. The Bertz CT molecular complexity index is 742. The molecule has 0 aliphatic carbocycles. The van der Waals surface area contributed by atoms with Gasteiger partial charge >= 0.3 is 0 Å². The van der Waals surface area contributed by atoms with Crippen molar-refractivity contribution in [1.82, 2.24) is 10.2 Å². The van der Waals surface area contributed by atoms with E-state index in [1.807, 2.05) is 30.3 Å². The van der Waals surface area contributed by atoms with Gasteiger partial charge in [-0.05, 0) is 60.8 Å². The molecule has 2 aromatic carbocycles. The molecule has 5 heteroatoms. The summed E-state index contributed by atoms with van der Waals surface area (Å²) in [7, 11) is 0. The number of halogens is 1. The Balaban J connectivity index is 1.44. The SMILES string of the molecule is CCCCN1CCC(NC(=O)COc2ccc3cc(Br)ccc3c2)CC1. The largest absolute Gasteiger partial charge is 0.484 e. The van der Waals surface area contributed by atoms with Gasteiger partial charge in [0.25, 0.3) is 5.91 Å². The van der Waals surface area contributed by atoms with E-state index in [4.69, 9.17) is 4.74 Å². The maximum absolute atomic E-state index is 12.2. The Kier molecular flexibility index (Phi) is 6.92. The van der Waals surface area contributed by atoms with Crippen LogP contribution in [0.15, 0.2) is 40.9 Å². The van der Waals surface area contributed by atoms with Crippen LogP contribution >= 0.6 is 15.9 Å². The van der Waals surface area contributed by atoms with Crippen molar-refractivity contribution in [2.75, 3.05) is 26.2 Å². The smallest absolute Gasteiger partial charge is 0.258 e. The third kappa shape index (κ3) is 5.45. The highest BCUT2D eigenvalue weighted by atomic mass is 79.9. The molecule has 0 radical (unpaired) electrons. The first-order valence-corrected chi connectivity index (χ1v) is 10.3. The molecular weight excluding hydrogens is 392 g/mol. The molecule has 0 atom stereocenters. The fourth-order valence-corrected chi connectivity index (χ4v) is 3.76. The number of unbranched alkanes of at least 4 members (excludes halogenated alkanes) is 1. The highest BCUT2D eigenvalue weighted by molar-refractivity contribution is 9.10. The molecule has 3 rings (SSSR count). The molecule has 0 unspecified atom stereocenters. The van der Waals surface area contributed by atoms with Crippen LogP contribution in [0.2, 0.25) is 0 Å². The molecule has 1 N–H and O–H groups in total. The summed E-state index contributed by atoms with van der Waals surface area (Å²) in [5.41, 5.74) is 0. The van der Waals surface area contributed by atoms with E-state index in [0.717, 1.165) is 46.9 Å². The average molecular weight is 419 g/mol. The Morgan fingerprint density at radius 2 is 1.92 bits per heavy atom. The summed E-state index contributed by atoms with van der Waals surface area (Å²) in [4.78, 5) is 14.7. The summed E-state index contributed by atoms with van der Waals surface area (Å²) in [5, 5.41) is 5.36. The molecule has 1 aliphatic heterocycles. The quantitative estimate of drug-likeness (QED) is 0.725. The molecule has 0 aromatic heterocycles. The lowest BCUT2D eigenvalue weighted by Gasteiger charge is -2.32. The first-order valence-electron chi connectivity index (χ1n) is 9.48. The normalized spacial score (nSPS) is 15.9. The maximum Gasteiger partial charge on any atom is 0.258 e. The van der Waals surface area contributed by atoms with Crippen LogP contribution in [0.25, 0.3) is 10.8 Å². The molecule has 1 amide bonds. The van der Waals surface area contributed by atoms with E-state index in [2.05, 4.69) is 39.1 Å². The number of likely N-dealkylation sites (tertiary alicyclic amines) is 1. The summed E-state index contributed by atoms with van der Waals surface area (Å²) in [6.07, 6.45) is 4.55. The van der Waals surface area contributed by atoms with Crippen LogP contribution in [0, 0.1) is 0 Å². The number of ether oxygens (including phenoxy) is 1. The molecule has 26 heavy (non-hydrogen) atoms. The number of fused-ring (bicyclic) bond motifs is 1. The van der Waals surface area contributed by atoms with Crippen molar-refractivity contribution >= 4 is 32.6 Å². The second kappa shape index (κ2) is 9.38. The van der Waals surface area contributed by atoms with Crippen LogP contribution in [0.3, 0.4) is 0 Å². The van der Waals surface area contributed by atoms with Gasteiger partial charge in [-0.2, -0.15) is 0 Å². The zero-order chi connectivity index (χ0) is 18.4. The average Bonchev–Trinajstić information content (AvgIpc) is 2.66. The van der Waals surface area contributed by atoms with Crippen molar-refractivity contribution in [1.29, 1.82) is 0 Å². The van der Waals surface area contributed by atoms with Crippen molar-refractivity contribution in [2.24, 2.45) is 0 Å². The molecule has 1 saturated heterocycles. The first kappa shape index (κ1) is 19.2. The molecule has 0 bridgehead atoms. The fraction of sp³-hybridized carbons (Fsp3) is 0.476. The Hall–Kier alpha value is -1.59. The van der Waals surface area contributed by atoms with Crippen molar-refractivity contribution < 1.29 is 9.53 Å². The summed E-state index contributed by atoms with van der Waals surface area (Å²) in [6, 6.07) is 12.3. The summed E-state index contributed by atoms with van der Waals surface area (Å²) < 4.78 is 6.74. The minimum absolute atomic E-state index is 0.0343. The number of piperidine rings is 1. The molecule has 0 saturated carbocycles. The molecule has 1 aliphatic rings. The van der Waals surface area contributed by atoms with Crippen molar-refractivity contribution in [3.8, 4) is 5.75 Å². The van der Waals surface area contributed by atoms with Crippen LogP contribution in [0.5, 0.6) is 5.75 Å². The minimum atomic E-state index is -0.0343. The van der Waals surface area contributed by atoms with Crippen LogP contribution in [0.1, 0.15) is 32.6 Å². The number of nitrogens with one attached hydrogen (secondary N) is 1. The van der Waals surface area contributed by atoms with Gasteiger partial charge in [-0.3, -0.25) is 4.79 Å². The number of nitrogens with zero attached hydrogens (tertiary/aromatic N) is 1. The van der Waals surface area contributed by atoms with E-state index < -0.39 is 0 Å². The fourth-order valence-electron chi connectivity index (χ4n) is 3.39. The molecule has 1 fully saturated rings. The van der Waals surface area contributed by atoms with Gasteiger partial charge in [0.05, 0.1) is 0 Å². The molecule has 2 aromatic rings. The van der Waals surface area contributed by atoms with Gasteiger partial charge in [-0.1, -0.05) is 41.4 Å². The van der Waals surface area contributed by atoms with E-state index in [-0.39, 0.29) is 18.6 Å². The zero-order valence-corrected chi connectivity index (χ0v) is 16.9. The first-order chi connectivity index (χ1) is 12.6. The Morgan fingerprint density at radius 3 is 2.69 bits per heavy atom. The van der Waals surface area contributed by atoms with Gasteiger partial charge in [0.2, 0.25) is 0 Å². The van der Waals surface area contributed by atoms with Crippen LogP contribution in [-0.2, 0) is 4.79 Å². The van der Waals surface area contributed by atoms with Gasteiger partial charge in [-0.25, -0.2) is 0 Å². The molecular formula is C21H27BrN2O2. The van der Waals surface area contributed by atoms with E-state index >= 15 is 0 Å². The Labute approximate surface area is 164 Å². The predicted octanol–water partition coefficient (Wildman–Crippen LogP) is 4.36. The van der Waals surface area contributed by atoms with Gasteiger partial charge in [0.1, 0.15) is 5.75 Å². The molecule has 4 nitrogen and oxygen atoms in total. The number of rotatable bonds is 7. The van der Waals surface area contributed by atoms with E-state index in [1.54, 1.807) is 0 Å². The van der Waals surface area contributed by atoms with Gasteiger partial charge < -0.3 is 15.0 Å². The number of amides is 1. The van der Waals surface area contributed by atoms with Gasteiger partial charge in [0.15, 0.2) is 6.61 Å². The van der Waals surface area contributed by atoms with Gasteiger partial charge in [0, 0.05) is 23.6 Å². The lowest BCUT2D eigenvalue weighted by molar-refractivity contribution is -0.124. The topological polar surface area (TPSA) is 41.6 Å². The third-order valence-corrected chi connectivity index (χ3v) is 5.42. The van der Waals surface area contributed by atoms with Crippen molar-refractivity contribution in [3.63, 3.8) is 0 Å². The van der Waals surface area contributed by atoms with E-state index in [0.29, 0.717) is 0 Å². The lowest BCUT2D eigenvalue weighted by Crippen LogP contribution is -2.46. The van der Waals surface area contributed by atoms with Crippen LogP contribution in [-0.4, -0.2) is 43.1 Å². The summed E-state index contributed by atoms with van der Waals surface area (Å²) in [5.74, 6) is 0.692. The second-order valence-corrected chi connectivity index (χ2v) is 7.89. The minimum Gasteiger partial charge on any atom is -0.484 e. The van der Waals surface area contributed by atoms with Crippen molar-refractivity contribution in [3.05, 3.63) is 40.9 Å². The number of carbonyl (C=O) groups excluding carboxylic acids is 1. The molecule has 140 valence electrons. The number of hydrogen-bond acceptors (Lipinski definition) is 3. The van der Waals surface area contributed by atoms with Crippen LogP contribution < -0.4 is 10.1 Å². The van der Waals surface area contributed by atoms with E-state index in [9.17, 15) is 4.79 Å². The highest BCUT2D eigenvalue weighted by Gasteiger charge is 2.20. The molecule has 1 heterocycles. The zero-order valence-electron chi connectivity index (χ0n) is 15.3. The number of carbonyl (C=O) groups is 1. The Morgan fingerprint density at radius 1 is 1.19 bits per heavy atom. The highest BCUT2D eigenvalue weighted by Crippen LogP contribution is 2.24. The standard InChI is InChI=1S/C21H27BrN2O2/c1-2-3-10-24-11-8-19(9-12-24)23-21(25)15-26-20-7-5-16-13-18(22)6-4-17(16)14-20/h4-7,13-14,19H,2-3,8-12,15H2,1H3,(H,23,25). The monoisotopic (exact) mass is 418 g/mol. The predicted molar refractivity (Wildman–Crippen MR) is 110 cm³/mol. The second-order valence-electron chi connectivity index (χ2n) is 6.98. The lowest BCUT2D eigenvalue weighted by atomic mass is 10.0. The maximum atomic E-state index is 12.2. The third-order valence-electron chi connectivity index (χ3n) is 4.92. The summed E-state index contributed by atoms with van der Waals surface area (Å²) in [6.45, 7) is 5.62. The van der Waals surface area contributed by atoms with Crippen LogP contribution in [0.4, 0.5) is 0 Å². The van der Waals surface area contributed by atoms with Gasteiger partial charge in [-0.15, -0.1) is 0 Å². The van der Waals surface area contributed by atoms with E-state index in [1.165, 1.54) is 19.4 Å². The summed E-state index contributed by atoms with van der Waals surface area (Å²) >= 11 is 3.48. The number of hydrogen-bond donors (Lipinski definition) is 1. The number of benzene rings is 2. The van der Waals surface area contributed by atoms with Crippen molar-refractivity contribution in [2.45, 2.75) is 38.6 Å².